The first-order valence-electron chi connectivity index (χ1n) is 3.76. The second-order valence-corrected chi connectivity index (χ2v) is 2.86. The fraction of sp³-hybridized carbons (Fsp3) is 0.333. The monoisotopic (exact) mass is 149 g/mol. The SMILES string of the molecule is C=CCC1(c2ccc[nH]2)CO1. The van der Waals surface area contributed by atoms with Crippen molar-refractivity contribution >= 4 is 0 Å². The minimum atomic E-state index is -0.0503. The van der Waals surface area contributed by atoms with Gasteiger partial charge in [-0.05, 0) is 12.1 Å². The normalized spacial score (nSPS) is 28.4. The van der Waals surface area contributed by atoms with Gasteiger partial charge in [-0.1, -0.05) is 6.08 Å². The first-order chi connectivity index (χ1) is 5.37. The number of nitrogens with one attached hydrogen (secondary N) is 1. The third-order valence-corrected chi connectivity index (χ3v) is 2.06. The summed E-state index contributed by atoms with van der Waals surface area (Å²) in [4.78, 5) is 3.15. The average Bonchev–Trinajstić information content (AvgIpc) is 2.63. The van der Waals surface area contributed by atoms with Crippen LogP contribution in [0.15, 0.2) is 31.0 Å². The minimum absolute atomic E-state index is 0.0503. The molecule has 1 aliphatic rings. The molecule has 1 saturated heterocycles. The van der Waals surface area contributed by atoms with Crippen molar-refractivity contribution in [3.8, 4) is 0 Å². The van der Waals surface area contributed by atoms with Crippen LogP contribution in [0.5, 0.6) is 0 Å². The van der Waals surface area contributed by atoms with E-state index < -0.39 is 0 Å². The van der Waals surface area contributed by atoms with Crippen molar-refractivity contribution in [1.82, 2.24) is 4.98 Å². The van der Waals surface area contributed by atoms with Gasteiger partial charge in [-0.3, -0.25) is 0 Å². The van der Waals surface area contributed by atoms with Crippen molar-refractivity contribution in [2.24, 2.45) is 0 Å². The van der Waals surface area contributed by atoms with Crippen LogP contribution < -0.4 is 0 Å². The Morgan fingerprint density at radius 2 is 2.64 bits per heavy atom. The lowest BCUT2D eigenvalue weighted by atomic mass is 10.0. The smallest absolute Gasteiger partial charge is 0.134 e. The first-order valence-corrected chi connectivity index (χ1v) is 3.76. The number of rotatable bonds is 3. The molecule has 2 nitrogen and oxygen atoms in total. The highest BCUT2D eigenvalue weighted by Crippen LogP contribution is 2.40. The Morgan fingerprint density at radius 3 is 3.09 bits per heavy atom. The van der Waals surface area contributed by atoms with Crippen molar-refractivity contribution in [2.45, 2.75) is 12.0 Å². The molecule has 0 aliphatic carbocycles. The molecule has 11 heavy (non-hydrogen) atoms. The van der Waals surface area contributed by atoms with Gasteiger partial charge in [0.25, 0.3) is 0 Å². The van der Waals surface area contributed by atoms with E-state index in [1.165, 1.54) is 0 Å². The van der Waals surface area contributed by atoms with Crippen LogP contribution in [0.2, 0.25) is 0 Å². The molecule has 0 radical (unpaired) electrons. The molecule has 0 aromatic carbocycles. The Kier molecular flexibility index (Phi) is 1.36. The molecule has 1 unspecified atom stereocenters. The quantitative estimate of drug-likeness (QED) is 0.515. The molecule has 2 rings (SSSR count). The molecule has 1 atom stereocenters. The van der Waals surface area contributed by atoms with Crippen LogP contribution in [-0.2, 0) is 10.3 Å². The standard InChI is InChI=1S/C9H11NO/c1-2-5-9(7-11-9)8-4-3-6-10-8/h2-4,6,10H,1,5,7H2. The second kappa shape index (κ2) is 2.24. The molecule has 2 heteroatoms. The van der Waals surface area contributed by atoms with Crippen LogP contribution in [0.1, 0.15) is 12.1 Å². The number of epoxide rings is 1. The summed E-state index contributed by atoms with van der Waals surface area (Å²) in [6.07, 6.45) is 4.71. The summed E-state index contributed by atoms with van der Waals surface area (Å²) in [6, 6.07) is 4.04. The Labute approximate surface area is 65.9 Å². The lowest BCUT2D eigenvalue weighted by Gasteiger charge is -2.05. The number of H-pyrrole nitrogens is 1. The largest absolute Gasteiger partial charge is 0.363 e. The molecule has 0 saturated carbocycles. The predicted molar refractivity (Wildman–Crippen MR) is 43.2 cm³/mol. The fourth-order valence-electron chi connectivity index (χ4n) is 1.32. The van der Waals surface area contributed by atoms with Gasteiger partial charge in [0.15, 0.2) is 0 Å². The Hall–Kier alpha value is -1.02. The summed E-state index contributed by atoms with van der Waals surface area (Å²) in [5, 5.41) is 0. The van der Waals surface area contributed by atoms with Crippen molar-refractivity contribution in [3.63, 3.8) is 0 Å². The molecule has 0 bridgehead atoms. The highest BCUT2D eigenvalue weighted by atomic mass is 16.6. The van der Waals surface area contributed by atoms with Crippen LogP contribution in [-0.4, -0.2) is 11.6 Å². The third kappa shape index (κ3) is 0.994. The van der Waals surface area contributed by atoms with Gasteiger partial charge < -0.3 is 9.72 Å². The zero-order valence-corrected chi connectivity index (χ0v) is 6.34. The maximum absolute atomic E-state index is 5.38. The van der Waals surface area contributed by atoms with E-state index in [0.717, 1.165) is 18.7 Å². The van der Waals surface area contributed by atoms with Gasteiger partial charge in [0.1, 0.15) is 5.60 Å². The lowest BCUT2D eigenvalue weighted by Crippen LogP contribution is -2.06. The van der Waals surface area contributed by atoms with Crippen LogP contribution in [0, 0.1) is 0 Å². The summed E-state index contributed by atoms with van der Waals surface area (Å²) in [5.74, 6) is 0. The summed E-state index contributed by atoms with van der Waals surface area (Å²) >= 11 is 0. The second-order valence-electron chi connectivity index (χ2n) is 2.86. The Morgan fingerprint density at radius 1 is 1.82 bits per heavy atom. The first kappa shape index (κ1) is 6.68. The van der Waals surface area contributed by atoms with Gasteiger partial charge in [0.05, 0.1) is 6.61 Å². The van der Waals surface area contributed by atoms with Crippen LogP contribution in [0.3, 0.4) is 0 Å². The summed E-state index contributed by atoms with van der Waals surface area (Å²) < 4.78 is 5.38. The molecule has 1 fully saturated rings. The van der Waals surface area contributed by atoms with Gasteiger partial charge in [-0.15, -0.1) is 6.58 Å². The topological polar surface area (TPSA) is 28.3 Å². The summed E-state index contributed by atoms with van der Waals surface area (Å²) in [5.41, 5.74) is 1.11. The van der Waals surface area contributed by atoms with E-state index in [4.69, 9.17) is 4.74 Å². The zero-order chi connectivity index (χ0) is 7.73. The van der Waals surface area contributed by atoms with E-state index in [9.17, 15) is 0 Å². The minimum Gasteiger partial charge on any atom is -0.363 e. The van der Waals surface area contributed by atoms with Crippen molar-refractivity contribution in [3.05, 3.63) is 36.7 Å². The molecule has 0 amide bonds. The molecule has 0 spiro atoms. The van der Waals surface area contributed by atoms with Gasteiger partial charge in [0, 0.05) is 18.3 Å². The molecule has 2 heterocycles. The van der Waals surface area contributed by atoms with Gasteiger partial charge in [-0.2, -0.15) is 0 Å². The Bertz CT molecular complexity index is 247. The molecule has 1 aromatic heterocycles. The van der Waals surface area contributed by atoms with Gasteiger partial charge in [-0.25, -0.2) is 0 Å². The summed E-state index contributed by atoms with van der Waals surface area (Å²) in [7, 11) is 0. The maximum Gasteiger partial charge on any atom is 0.134 e. The van der Waals surface area contributed by atoms with E-state index in [-0.39, 0.29) is 5.60 Å². The predicted octanol–water partition coefficient (Wildman–Crippen LogP) is 1.82. The van der Waals surface area contributed by atoms with Crippen LogP contribution in [0.25, 0.3) is 0 Å². The molecule has 1 N–H and O–H groups in total. The van der Waals surface area contributed by atoms with E-state index in [2.05, 4.69) is 17.6 Å². The van der Waals surface area contributed by atoms with Gasteiger partial charge >= 0.3 is 0 Å². The van der Waals surface area contributed by atoms with Crippen molar-refractivity contribution in [2.75, 3.05) is 6.61 Å². The number of hydrogen-bond donors (Lipinski definition) is 1. The summed E-state index contributed by atoms with van der Waals surface area (Å²) in [6.45, 7) is 4.52. The van der Waals surface area contributed by atoms with Crippen molar-refractivity contribution < 1.29 is 4.74 Å². The van der Waals surface area contributed by atoms with E-state index in [1.807, 2.05) is 18.3 Å². The highest BCUT2D eigenvalue weighted by Gasteiger charge is 2.45. The Balaban J connectivity index is 2.21. The fourth-order valence-corrected chi connectivity index (χ4v) is 1.32. The number of ether oxygens (including phenoxy) is 1. The van der Waals surface area contributed by atoms with Crippen LogP contribution in [0.4, 0.5) is 0 Å². The van der Waals surface area contributed by atoms with Crippen LogP contribution >= 0.6 is 0 Å². The van der Waals surface area contributed by atoms with E-state index >= 15 is 0 Å². The molecular weight excluding hydrogens is 138 g/mol. The third-order valence-electron chi connectivity index (χ3n) is 2.06. The molecular formula is C9H11NO. The molecule has 1 aliphatic heterocycles. The number of aromatic nitrogens is 1. The van der Waals surface area contributed by atoms with Crippen molar-refractivity contribution in [1.29, 1.82) is 0 Å². The van der Waals surface area contributed by atoms with Gasteiger partial charge in [0.2, 0.25) is 0 Å². The molecule has 1 aromatic rings. The average molecular weight is 149 g/mol. The lowest BCUT2D eigenvalue weighted by molar-refractivity contribution is 0.305. The van der Waals surface area contributed by atoms with E-state index in [0.29, 0.717) is 0 Å². The highest BCUT2D eigenvalue weighted by molar-refractivity contribution is 5.20. The maximum atomic E-state index is 5.38. The zero-order valence-electron chi connectivity index (χ0n) is 6.34. The number of hydrogen-bond acceptors (Lipinski definition) is 1. The van der Waals surface area contributed by atoms with E-state index in [1.54, 1.807) is 0 Å². The molecule has 58 valence electrons. The number of aromatic amines is 1.